The SMILES string of the molecule is CC(C)N(Cc1cccs1)c1ccc(CN)c(Br)c1. The van der Waals surface area contributed by atoms with Gasteiger partial charge in [0.05, 0.1) is 6.54 Å². The van der Waals surface area contributed by atoms with Gasteiger partial charge in [0.15, 0.2) is 0 Å². The molecule has 0 atom stereocenters. The van der Waals surface area contributed by atoms with Gasteiger partial charge in [-0.1, -0.05) is 28.1 Å². The highest BCUT2D eigenvalue weighted by molar-refractivity contribution is 9.10. The van der Waals surface area contributed by atoms with Crippen molar-refractivity contribution in [3.63, 3.8) is 0 Å². The highest BCUT2D eigenvalue weighted by atomic mass is 79.9. The van der Waals surface area contributed by atoms with Crippen LogP contribution < -0.4 is 10.6 Å². The van der Waals surface area contributed by atoms with Gasteiger partial charge in [-0.05, 0) is 43.0 Å². The Labute approximate surface area is 127 Å². The summed E-state index contributed by atoms with van der Waals surface area (Å²) in [6, 6.07) is 11.2. The van der Waals surface area contributed by atoms with Crippen molar-refractivity contribution in [2.45, 2.75) is 33.0 Å². The van der Waals surface area contributed by atoms with Crippen LogP contribution in [0.4, 0.5) is 5.69 Å². The summed E-state index contributed by atoms with van der Waals surface area (Å²) < 4.78 is 1.09. The third-order valence-corrected chi connectivity index (χ3v) is 4.72. The normalized spacial score (nSPS) is 11.0. The van der Waals surface area contributed by atoms with E-state index >= 15 is 0 Å². The molecule has 0 amide bonds. The predicted molar refractivity (Wildman–Crippen MR) is 87.7 cm³/mol. The van der Waals surface area contributed by atoms with Gasteiger partial charge < -0.3 is 10.6 Å². The molecule has 1 aromatic carbocycles. The van der Waals surface area contributed by atoms with Crippen LogP contribution in [0.2, 0.25) is 0 Å². The molecular weight excluding hydrogens is 320 g/mol. The number of anilines is 1. The molecule has 0 unspecified atom stereocenters. The van der Waals surface area contributed by atoms with Crippen LogP contribution in [0.5, 0.6) is 0 Å². The molecule has 102 valence electrons. The number of rotatable bonds is 5. The molecule has 0 saturated carbocycles. The van der Waals surface area contributed by atoms with E-state index in [1.165, 1.54) is 10.6 Å². The molecule has 0 aliphatic rings. The maximum absolute atomic E-state index is 5.70. The molecule has 2 aromatic rings. The van der Waals surface area contributed by atoms with Gasteiger partial charge in [0.2, 0.25) is 0 Å². The van der Waals surface area contributed by atoms with Gasteiger partial charge in [-0.2, -0.15) is 0 Å². The van der Waals surface area contributed by atoms with E-state index in [0.29, 0.717) is 12.6 Å². The third kappa shape index (κ3) is 3.59. The van der Waals surface area contributed by atoms with Crippen LogP contribution in [0.15, 0.2) is 40.2 Å². The van der Waals surface area contributed by atoms with Crippen molar-refractivity contribution in [2.24, 2.45) is 5.73 Å². The lowest BCUT2D eigenvalue weighted by Gasteiger charge is -2.29. The Bertz CT molecular complexity index is 523. The van der Waals surface area contributed by atoms with Crippen LogP contribution in [0.25, 0.3) is 0 Å². The Hall–Kier alpha value is -0.840. The van der Waals surface area contributed by atoms with Crippen molar-refractivity contribution >= 4 is 33.0 Å². The lowest BCUT2D eigenvalue weighted by Crippen LogP contribution is -2.29. The van der Waals surface area contributed by atoms with E-state index in [-0.39, 0.29) is 0 Å². The van der Waals surface area contributed by atoms with Crippen LogP contribution in [0, 0.1) is 0 Å². The first-order chi connectivity index (χ1) is 9.11. The molecule has 2 rings (SSSR count). The Balaban J connectivity index is 2.26. The van der Waals surface area contributed by atoms with Gasteiger partial charge in [-0.3, -0.25) is 0 Å². The molecule has 0 bridgehead atoms. The van der Waals surface area contributed by atoms with E-state index in [4.69, 9.17) is 5.73 Å². The highest BCUT2D eigenvalue weighted by Gasteiger charge is 2.13. The Kier molecular flexibility index (Phi) is 5.02. The number of benzene rings is 1. The molecule has 19 heavy (non-hydrogen) atoms. The Morgan fingerprint density at radius 1 is 1.32 bits per heavy atom. The zero-order valence-corrected chi connectivity index (χ0v) is 13.7. The zero-order valence-electron chi connectivity index (χ0n) is 11.3. The molecule has 2 nitrogen and oxygen atoms in total. The average molecular weight is 339 g/mol. The first kappa shape index (κ1) is 14.6. The third-order valence-electron chi connectivity index (χ3n) is 3.12. The molecule has 1 heterocycles. The van der Waals surface area contributed by atoms with Gasteiger partial charge in [0.25, 0.3) is 0 Å². The molecular formula is C15H19BrN2S. The molecule has 4 heteroatoms. The summed E-state index contributed by atoms with van der Waals surface area (Å²) in [5.41, 5.74) is 8.08. The summed E-state index contributed by atoms with van der Waals surface area (Å²) in [7, 11) is 0. The minimum absolute atomic E-state index is 0.456. The van der Waals surface area contributed by atoms with E-state index in [1.54, 1.807) is 11.3 Å². The summed E-state index contributed by atoms with van der Waals surface area (Å²) in [5.74, 6) is 0. The standard InChI is InChI=1S/C15H19BrN2S/c1-11(2)18(10-14-4-3-7-19-14)13-6-5-12(9-17)15(16)8-13/h3-8,11H,9-10,17H2,1-2H3. The van der Waals surface area contributed by atoms with E-state index in [1.807, 2.05) is 0 Å². The fourth-order valence-corrected chi connectivity index (χ4v) is 3.25. The zero-order chi connectivity index (χ0) is 13.8. The fourth-order valence-electron chi connectivity index (χ4n) is 2.02. The second-order valence-corrected chi connectivity index (χ2v) is 6.67. The van der Waals surface area contributed by atoms with E-state index in [9.17, 15) is 0 Å². The minimum Gasteiger partial charge on any atom is -0.364 e. The summed E-state index contributed by atoms with van der Waals surface area (Å²) in [5, 5.41) is 2.13. The lowest BCUT2D eigenvalue weighted by molar-refractivity contribution is 0.687. The minimum atomic E-state index is 0.456. The monoisotopic (exact) mass is 338 g/mol. The van der Waals surface area contributed by atoms with Gasteiger partial charge >= 0.3 is 0 Å². The van der Waals surface area contributed by atoms with Crippen molar-refractivity contribution in [2.75, 3.05) is 4.90 Å². The summed E-state index contributed by atoms with van der Waals surface area (Å²) in [4.78, 5) is 3.78. The van der Waals surface area contributed by atoms with Gasteiger partial charge in [0, 0.05) is 27.6 Å². The largest absolute Gasteiger partial charge is 0.364 e. The number of halogens is 1. The summed E-state index contributed by atoms with van der Waals surface area (Å²) >= 11 is 5.40. The van der Waals surface area contributed by atoms with Gasteiger partial charge in [0.1, 0.15) is 0 Å². The second-order valence-electron chi connectivity index (χ2n) is 4.78. The molecule has 0 aliphatic carbocycles. The maximum Gasteiger partial charge on any atom is 0.0525 e. The van der Waals surface area contributed by atoms with E-state index in [2.05, 4.69) is 70.4 Å². The topological polar surface area (TPSA) is 29.3 Å². The number of nitrogens with zero attached hydrogens (tertiary/aromatic N) is 1. The van der Waals surface area contributed by atoms with Crippen molar-refractivity contribution in [3.05, 3.63) is 50.6 Å². The molecule has 0 aliphatic heterocycles. The molecule has 1 aromatic heterocycles. The first-order valence-electron chi connectivity index (χ1n) is 6.39. The first-order valence-corrected chi connectivity index (χ1v) is 8.06. The van der Waals surface area contributed by atoms with Crippen molar-refractivity contribution in [3.8, 4) is 0 Å². The average Bonchev–Trinajstić information content (AvgIpc) is 2.88. The van der Waals surface area contributed by atoms with Crippen LogP contribution in [-0.4, -0.2) is 6.04 Å². The maximum atomic E-state index is 5.70. The second kappa shape index (κ2) is 6.55. The van der Waals surface area contributed by atoms with Crippen LogP contribution in [0.1, 0.15) is 24.3 Å². The Morgan fingerprint density at radius 3 is 2.63 bits per heavy atom. The number of nitrogens with two attached hydrogens (primary N) is 1. The molecule has 0 fully saturated rings. The van der Waals surface area contributed by atoms with Crippen molar-refractivity contribution in [1.82, 2.24) is 0 Å². The predicted octanol–water partition coefficient (Wildman–Crippen LogP) is 4.38. The molecule has 0 spiro atoms. The highest BCUT2D eigenvalue weighted by Crippen LogP contribution is 2.27. The number of hydrogen-bond donors (Lipinski definition) is 1. The Morgan fingerprint density at radius 2 is 2.11 bits per heavy atom. The van der Waals surface area contributed by atoms with E-state index in [0.717, 1.165) is 16.6 Å². The fraction of sp³-hybridized carbons (Fsp3) is 0.333. The van der Waals surface area contributed by atoms with Gasteiger partial charge in [-0.15, -0.1) is 11.3 Å². The van der Waals surface area contributed by atoms with Gasteiger partial charge in [-0.25, -0.2) is 0 Å². The van der Waals surface area contributed by atoms with Crippen LogP contribution in [-0.2, 0) is 13.1 Å². The van der Waals surface area contributed by atoms with Crippen molar-refractivity contribution < 1.29 is 0 Å². The number of thiophene rings is 1. The number of hydrogen-bond acceptors (Lipinski definition) is 3. The van der Waals surface area contributed by atoms with Crippen LogP contribution in [0.3, 0.4) is 0 Å². The van der Waals surface area contributed by atoms with Crippen LogP contribution >= 0.6 is 27.3 Å². The van der Waals surface area contributed by atoms with Crippen molar-refractivity contribution in [1.29, 1.82) is 0 Å². The lowest BCUT2D eigenvalue weighted by atomic mass is 10.1. The molecule has 0 radical (unpaired) electrons. The molecule has 2 N–H and O–H groups in total. The summed E-state index contributed by atoms with van der Waals surface area (Å²) in [6.45, 7) is 5.95. The van der Waals surface area contributed by atoms with E-state index < -0.39 is 0 Å². The molecule has 0 saturated heterocycles. The summed E-state index contributed by atoms with van der Waals surface area (Å²) in [6.07, 6.45) is 0. The smallest absolute Gasteiger partial charge is 0.0525 e. The quantitative estimate of drug-likeness (QED) is 0.876.